The number of hydrogen-bond acceptors (Lipinski definition) is 4. The molecule has 0 aliphatic carbocycles. The van der Waals surface area contributed by atoms with Crippen molar-refractivity contribution in [2.45, 2.75) is 51.2 Å². The Hall–Kier alpha value is -3.72. The molecule has 9 heteroatoms. The summed E-state index contributed by atoms with van der Waals surface area (Å²) in [5.74, 6) is -1.46. The van der Waals surface area contributed by atoms with Gasteiger partial charge in [0.05, 0.1) is 10.6 Å². The lowest BCUT2D eigenvalue weighted by Gasteiger charge is -2.32. The van der Waals surface area contributed by atoms with Crippen molar-refractivity contribution in [2.75, 3.05) is 10.8 Å². The fourth-order valence-electron chi connectivity index (χ4n) is 3.73. The largest absolute Gasteiger partial charge is 0.352 e. The average Bonchev–Trinajstić information content (AvgIpc) is 2.87. The van der Waals surface area contributed by atoms with Crippen LogP contribution in [0.1, 0.15) is 31.9 Å². The standard InChI is InChI=1S/C28H32FN3O4S/c1-20(2)30-28(34)22(4)31(18-23-12-10-21(3)11-13-23)27(33)19-32(25-16-14-24(29)15-17-25)37(35,36)26-8-6-5-7-9-26/h5-17,20,22H,18-19H2,1-4H3,(H,30,34). The molecule has 37 heavy (non-hydrogen) atoms. The fraction of sp³-hybridized carbons (Fsp3) is 0.286. The van der Waals surface area contributed by atoms with Gasteiger partial charge in [-0.2, -0.15) is 0 Å². The highest BCUT2D eigenvalue weighted by molar-refractivity contribution is 7.92. The summed E-state index contributed by atoms with van der Waals surface area (Å²) in [5, 5.41) is 2.81. The van der Waals surface area contributed by atoms with Crippen LogP contribution in [0.25, 0.3) is 0 Å². The first-order valence-electron chi connectivity index (χ1n) is 12.0. The number of carbonyl (C=O) groups is 2. The van der Waals surface area contributed by atoms with Gasteiger partial charge in [0.2, 0.25) is 11.8 Å². The van der Waals surface area contributed by atoms with Crippen LogP contribution >= 0.6 is 0 Å². The number of nitrogens with one attached hydrogen (secondary N) is 1. The number of anilines is 1. The molecule has 196 valence electrons. The van der Waals surface area contributed by atoms with E-state index in [1.807, 2.05) is 45.0 Å². The Labute approximate surface area is 218 Å². The molecule has 0 spiro atoms. The van der Waals surface area contributed by atoms with E-state index in [2.05, 4.69) is 5.32 Å². The minimum Gasteiger partial charge on any atom is -0.352 e. The van der Waals surface area contributed by atoms with Gasteiger partial charge in [-0.25, -0.2) is 12.8 Å². The van der Waals surface area contributed by atoms with E-state index in [4.69, 9.17) is 0 Å². The van der Waals surface area contributed by atoms with Gasteiger partial charge in [-0.1, -0.05) is 48.0 Å². The molecule has 0 aliphatic rings. The van der Waals surface area contributed by atoms with Crippen molar-refractivity contribution in [2.24, 2.45) is 0 Å². The predicted octanol–water partition coefficient (Wildman–Crippen LogP) is 4.27. The minimum absolute atomic E-state index is 0.0113. The van der Waals surface area contributed by atoms with Crippen LogP contribution in [0.4, 0.5) is 10.1 Å². The Morgan fingerprint density at radius 3 is 2.05 bits per heavy atom. The zero-order valence-corrected chi connectivity index (χ0v) is 22.2. The van der Waals surface area contributed by atoms with E-state index in [1.165, 1.54) is 29.2 Å². The molecule has 0 fully saturated rings. The van der Waals surface area contributed by atoms with Crippen LogP contribution in [0.3, 0.4) is 0 Å². The van der Waals surface area contributed by atoms with E-state index < -0.39 is 34.3 Å². The van der Waals surface area contributed by atoms with E-state index in [9.17, 15) is 22.4 Å². The summed E-state index contributed by atoms with van der Waals surface area (Å²) in [5.41, 5.74) is 1.97. The number of carbonyl (C=O) groups excluding carboxylic acids is 2. The first-order valence-corrected chi connectivity index (χ1v) is 13.4. The molecule has 7 nitrogen and oxygen atoms in total. The molecule has 3 aromatic carbocycles. The summed E-state index contributed by atoms with van der Waals surface area (Å²) in [4.78, 5) is 28.0. The Morgan fingerprint density at radius 1 is 0.892 bits per heavy atom. The molecule has 3 aromatic rings. The lowest BCUT2D eigenvalue weighted by Crippen LogP contribution is -2.52. The van der Waals surface area contributed by atoms with Gasteiger partial charge in [-0.3, -0.25) is 13.9 Å². The van der Waals surface area contributed by atoms with E-state index in [-0.39, 0.29) is 29.1 Å². The zero-order valence-electron chi connectivity index (χ0n) is 21.4. The molecular formula is C28H32FN3O4S. The molecule has 0 saturated carbocycles. The van der Waals surface area contributed by atoms with Gasteiger partial charge in [-0.15, -0.1) is 0 Å². The minimum atomic E-state index is -4.18. The molecule has 1 atom stereocenters. The van der Waals surface area contributed by atoms with Gasteiger partial charge < -0.3 is 10.2 Å². The average molecular weight is 526 g/mol. The molecule has 0 saturated heterocycles. The first-order chi connectivity index (χ1) is 17.5. The van der Waals surface area contributed by atoms with Crippen molar-refractivity contribution in [1.82, 2.24) is 10.2 Å². The third-order valence-electron chi connectivity index (χ3n) is 5.80. The summed E-state index contributed by atoms with van der Waals surface area (Å²) < 4.78 is 41.8. The first kappa shape index (κ1) is 27.9. The van der Waals surface area contributed by atoms with Crippen LogP contribution in [-0.2, 0) is 26.2 Å². The second-order valence-electron chi connectivity index (χ2n) is 9.15. The number of halogens is 1. The molecule has 1 unspecified atom stereocenters. The fourth-order valence-corrected chi connectivity index (χ4v) is 5.17. The SMILES string of the molecule is Cc1ccc(CN(C(=O)CN(c2ccc(F)cc2)S(=O)(=O)c2ccccc2)C(C)C(=O)NC(C)C)cc1. The molecular weight excluding hydrogens is 493 g/mol. The molecule has 0 radical (unpaired) electrons. The highest BCUT2D eigenvalue weighted by atomic mass is 32.2. The lowest BCUT2D eigenvalue weighted by atomic mass is 10.1. The Balaban J connectivity index is 2.00. The molecule has 0 bridgehead atoms. The van der Waals surface area contributed by atoms with Crippen LogP contribution in [0, 0.1) is 12.7 Å². The second-order valence-corrected chi connectivity index (χ2v) is 11.0. The maximum atomic E-state index is 13.7. The zero-order chi connectivity index (χ0) is 27.2. The molecule has 0 aliphatic heterocycles. The monoisotopic (exact) mass is 525 g/mol. The lowest BCUT2D eigenvalue weighted by molar-refractivity contribution is -0.139. The van der Waals surface area contributed by atoms with E-state index in [0.29, 0.717) is 0 Å². The van der Waals surface area contributed by atoms with Crippen molar-refractivity contribution < 1.29 is 22.4 Å². The van der Waals surface area contributed by atoms with Gasteiger partial charge in [0.1, 0.15) is 18.4 Å². The number of benzene rings is 3. The number of aryl methyl sites for hydroxylation is 1. The van der Waals surface area contributed by atoms with Crippen molar-refractivity contribution in [1.29, 1.82) is 0 Å². The number of nitrogens with zero attached hydrogens (tertiary/aromatic N) is 2. The number of amides is 2. The predicted molar refractivity (Wildman–Crippen MR) is 142 cm³/mol. The van der Waals surface area contributed by atoms with Gasteiger partial charge in [0, 0.05) is 12.6 Å². The van der Waals surface area contributed by atoms with Crippen LogP contribution in [0.5, 0.6) is 0 Å². The van der Waals surface area contributed by atoms with E-state index in [1.54, 1.807) is 25.1 Å². The van der Waals surface area contributed by atoms with Gasteiger partial charge >= 0.3 is 0 Å². The third kappa shape index (κ3) is 7.16. The highest BCUT2D eigenvalue weighted by Crippen LogP contribution is 2.25. The molecule has 2 amide bonds. The quantitative estimate of drug-likeness (QED) is 0.428. The van der Waals surface area contributed by atoms with Crippen molar-refractivity contribution in [3.63, 3.8) is 0 Å². The Kier molecular flexibility index (Phi) is 9.04. The van der Waals surface area contributed by atoms with Gasteiger partial charge in [0.25, 0.3) is 10.0 Å². The van der Waals surface area contributed by atoms with E-state index in [0.717, 1.165) is 27.6 Å². The topological polar surface area (TPSA) is 86.8 Å². The van der Waals surface area contributed by atoms with Crippen molar-refractivity contribution in [3.8, 4) is 0 Å². The van der Waals surface area contributed by atoms with Gasteiger partial charge in [0.15, 0.2) is 0 Å². The van der Waals surface area contributed by atoms with E-state index >= 15 is 0 Å². The number of rotatable bonds is 10. The normalized spacial score (nSPS) is 12.2. The smallest absolute Gasteiger partial charge is 0.264 e. The summed E-state index contributed by atoms with van der Waals surface area (Å²) in [7, 11) is -4.18. The Bertz CT molecular complexity index is 1310. The van der Waals surface area contributed by atoms with Crippen molar-refractivity contribution in [3.05, 3.63) is 95.8 Å². The van der Waals surface area contributed by atoms with Crippen LogP contribution in [0.15, 0.2) is 83.8 Å². The highest BCUT2D eigenvalue weighted by Gasteiger charge is 2.32. The van der Waals surface area contributed by atoms with Gasteiger partial charge in [-0.05, 0) is 69.7 Å². The van der Waals surface area contributed by atoms with Crippen LogP contribution in [-0.4, -0.2) is 43.8 Å². The molecule has 0 heterocycles. The number of sulfonamides is 1. The van der Waals surface area contributed by atoms with Crippen LogP contribution in [0.2, 0.25) is 0 Å². The molecule has 3 rings (SSSR count). The summed E-state index contributed by atoms with van der Waals surface area (Å²) >= 11 is 0. The summed E-state index contributed by atoms with van der Waals surface area (Å²) in [6, 6.07) is 19.1. The molecule has 0 aromatic heterocycles. The van der Waals surface area contributed by atoms with Crippen LogP contribution < -0.4 is 9.62 Å². The summed E-state index contributed by atoms with van der Waals surface area (Å²) in [6.45, 7) is 6.72. The maximum Gasteiger partial charge on any atom is 0.264 e. The third-order valence-corrected chi connectivity index (χ3v) is 7.58. The maximum absolute atomic E-state index is 13.7. The number of hydrogen-bond donors (Lipinski definition) is 1. The van der Waals surface area contributed by atoms with Crippen molar-refractivity contribution >= 4 is 27.5 Å². The summed E-state index contributed by atoms with van der Waals surface area (Å²) in [6.07, 6.45) is 0. The second kappa shape index (κ2) is 12.0. The molecule has 1 N–H and O–H groups in total. The Morgan fingerprint density at radius 2 is 1.49 bits per heavy atom.